The Hall–Kier alpha value is -2.92. The molecular formula is C25H24BrNO3. The lowest BCUT2D eigenvalue weighted by molar-refractivity contribution is -0.688. The van der Waals surface area contributed by atoms with E-state index < -0.39 is 0 Å². The Bertz CT molecular complexity index is 1060. The summed E-state index contributed by atoms with van der Waals surface area (Å²) in [4.78, 5) is 13.0. The van der Waals surface area contributed by atoms with E-state index in [1.165, 1.54) is 5.56 Å². The fraction of sp³-hybridized carbons (Fsp3) is 0.200. The molecule has 0 atom stereocenters. The van der Waals surface area contributed by atoms with Crippen LogP contribution in [0.3, 0.4) is 0 Å². The molecule has 30 heavy (non-hydrogen) atoms. The van der Waals surface area contributed by atoms with Crippen LogP contribution in [-0.2, 0) is 13.0 Å². The van der Waals surface area contributed by atoms with E-state index in [9.17, 15) is 4.79 Å². The molecular weight excluding hydrogens is 442 g/mol. The van der Waals surface area contributed by atoms with Gasteiger partial charge >= 0.3 is 0 Å². The van der Waals surface area contributed by atoms with Gasteiger partial charge in [0.1, 0.15) is 0 Å². The van der Waals surface area contributed by atoms with Crippen LogP contribution < -0.4 is 31.0 Å². The van der Waals surface area contributed by atoms with E-state index in [2.05, 4.69) is 29.1 Å². The van der Waals surface area contributed by atoms with E-state index in [1.54, 1.807) is 20.3 Å². The molecule has 0 amide bonds. The summed E-state index contributed by atoms with van der Waals surface area (Å²) in [6, 6.07) is 18.2. The number of benzene rings is 2. The van der Waals surface area contributed by atoms with Crippen molar-refractivity contribution >= 4 is 11.9 Å². The van der Waals surface area contributed by atoms with Gasteiger partial charge < -0.3 is 26.5 Å². The number of hydrogen-bond donors (Lipinski definition) is 0. The van der Waals surface area contributed by atoms with Gasteiger partial charge in [-0.2, -0.15) is 0 Å². The highest BCUT2D eigenvalue weighted by Crippen LogP contribution is 2.35. The average Bonchev–Trinajstić information content (AvgIpc) is 2.77. The molecule has 1 aliphatic rings. The fourth-order valence-electron chi connectivity index (χ4n) is 3.70. The zero-order valence-corrected chi connectivity index (χ0v) is 18.7. The zero-order chi connectivity index (χ0) is 20.2. The smallest absolute Gasteiger partial charge is 0.189 e. The third-order valence-corrected chi connectivity index (χ3v) is 5.28. The second-order valence-corrected chi connectivity index (χ2v) is 7.15. The van der Waals surface area contributed by atoms with Gasteiger partial charge in [0.25, 0.3) is 0 Å². The number of Topliss-reactive ketones (excluding diaryl/α,β-unsaturated/α-hetero) is 1. The van der Waals surface area contributed by atoms with Crippen molar-refractivity contribution in [3.63, 3.8) is 0 Å². The number of methoxy groups -OCH3 is 2. The topological polar surface area (TPSA) is 39.4 Å². The van der Waals surface area contributed by atoms with Crippen LogP contribution >= 0.6 is 0 Å². The van der Waals surface area contributed by atoms with Crippen LogP contribution in [0.5, 0.6) is 11.5 Å². The monoisotopic (exact) mass is 465 g/mol. The van der Waals surface area contributed by atoms with Crippen LogP contribution in [0.25, 0.3) is 6.08 Å². The lowest BCUT2D eigenvalue weighted by atomic mass is 9.85. The SMILES string of the molecule is COc1cc2c(cc1OC)C(=O)C(=Cc1cc[n+](Cc3ccccc3)cc1)CC2.[Br-]. The fourth-order valence-corrected chi connectivity index (χ4v) is 3.70. The maximum Gasteiger partial charge on any atom is 0.189 e. The molecule has 0 saturated heterocycles. The summed E-state index contributed by atoms with van der Waals surface area (Å²) in [7, 11) is 3.20. The number of aryl methyl sites for hydroxylation is 1. The highest BCUT2D eigenvalue weighted by Gasteiger charge is 2.24. The van der Waals surface area contributed by atoms with E-state index in [1.807, 2.05) is 42.5 Å². The molecule has 0 unspecified atom stereocenters. The van der Waals surface area contributed by atoms with Gasteiger partial charge in [-0.15, -0.1) is 0 Å². The van der Waals surface area contributed by atoms with Crippen molar-refractivity contribution in [3.8, 4) is 11.5 Å². The molecule has 2 aromatic carbocycles. The maximum absolute atomic E-state index is 13.0. The van der Waals surface area contributed by atoms with Gasteiger partial charge in [0.15, 0.2) is 36.2 Å². The normalized spacial score (nSPS) is 14.1. The number of pyridine rings is 1. The van der Waals surface area contributed by atoms with E-state index in [4.69, 9.17) is 9.47 Å². The first kappa shape index (κ1) is 21.8. The predicted molar refractivity (Wildman–Crippen MR) is 112 cm³/mol. The van der Waals surface area contributed by atoms with Crippen LogP contribution in [-0.4, -0.2) is 20.0 Å². The quantitative estimate of drug-likeness (QED) is 0.420. The molecule has 0 bridgehead atoms. The van der Waals surface area contributed by atoms with Crippen LogP contribution in [0.15, 0.2) is 72.6 Å². The summed E-state index contributed by atoms with van der Waals surface area (Å²) in [5.41, 5.74) is 4.83. The highest BCUT2D eigenvalue weighted by atomic mass is 79.9. The molecule has 3 aromatic rings. The summed E-state index contributed by atoms with van der Waals surface area (Å²) in [5, 5.41) is 0. The first-order valence-corrected chi connectivity index (χ1v) is 9.71. The molecule has 1 aromatic heterocycles. The Kier molecular flexibility index (Phi) is 7.06. The van der Waals surface area contributed by atoms with Gasteiger partial charge in [-0.05, 0) is 42.2 Å². The number of carbonyl (C=O) groups excluding carboxylic acids is 1. The molecule has 0 N–H and O–H groups in total. The number of aromatic nitrogens is 1. The van der Waals surface area contributed by atoms with E-state index in [-0.39, 0.29) is 22.8 Å². The van der Waals surface area contributed by atoms with Gasteiger partial charge in [-0.3, -0.25) is 4.79 Å². The summed E-state index contributed by atoms with van der Waals surface area (Å²) >= 11 is 0. The van der Waals surface area contributed by atoms with Crippen molar-refractivity contribution in [2.45, 2.75) is 19.4 Å². The number of allylic oxidation sites excluding steroid dienone is 1. The molecule has 4 nitrogen and oxygen atoms in total. The third-order valence-electron chi connectivity index (χ3n) is 5.28. The van der Waals surface area contributed by atoms with Gasteiger partial charge in [0.05, 0.1) is 14.2 Å². The summed E-state index contributed by atoms with van der Waals surface area (Å²) in [6.45, 7) is 0.825. The van der Waals surface area contributed by atoms with Crippen molar-refractivity contribution in [2.75, 3.05) is 14.2 Å². The standard InChI is InChI=1S/C25H24NO3.BrH/c1-28-23-15-20-8-9-21(25(27)22(20)16-24(23)29-2)14-18-10-12-26(13-11-18)17-19-6-4-3-5-7-19;/h3-7,10-16H,8-9,17H2,1-2H3;1H/q+1;/p-1. The summed E-state index contributed by atoms with van der Waals surface area (Å²) in [6.07, 6.45) is 7.63. The molecule has 0 radical (unpaired) electrons. The first-order chi connectivity index (χ1) is 14.2. The number of rotatable bonds is 5. The van der Waals surface area contributed by atoms with Crippen LogP contribution in [0.4, 0.5) is 0 Å². The van der Waals surface area contributed by atoms with Crippen LogP contribution in [0.1, 0.15) is 33.5 Å². The van der Waals surface area contributed by atoms with Crippen molar-refractivity contribution in [1.29, 1.82) is 0 Å². The highest BCUT2D eigenvalue weighted by molar-refractivity contribution is 6.13. The van der Waals surface area contributed by atoms with Gasteiger partial charge in [-0.25, -0.2) is 4.57 Å². The number of nitrogens with zero attached hydrogens (tertiary/aromatic N) is 1. The van der Waals surface area contributed by atoms with Gasteiger partial charge in [0, 0.05) is 28.8 Å². The maximum atomic E-state index is 13.0. The molecule has 0 spiro atoms. The van der Waals surface area contributed by atoms with Crippen molar-refractivity contribution in [1.82, 2.24) is 0 Å². The molecule has 0 aliphatic heterocycles. The van der Waals surface area contributed by atoms with Gasteiger partial charge in [0.2, 0.25) is 0 Å². The number of carbonyl (C=O) groups is 1. The largest absolute Gasteiger partial charge is 1.00 e. The number of ketones is 1. The minimum absolute atomic E-state index is 0. The molecule has 0 fully saturated rings. The lowest BCUT2D eigenvalue weighted by Crippen LogP contribution is -3.00. The lowest BCUT2D eigenvalue weighted by Gasteiger charge is -2.20. The zero-order valence-electron chi connectivity index (χ0n) is 17.1. The molecule has 1 heterocycles. The number of ether oxygens (including phenoxy) is 2. The molecule has 0 saturated carbocycles. The minimum atomic E-state index is 0. The second-order valence-electron chi connectivity index (χ2n) is 7.15. The van der Waals surface area contributed by atoms with E-state index in [0.29, 0.717) is 17.1 Å². The van der Waals surface area contributed by atoms with E-state index in [0.717, 1.165) is 36.1 Å². The Morgan fingerprint density at radius 2 is 1.60 bits per heavy atom. The van der Waals surface area contributed by atoms with Crippen molar-refractivity contribution < 1.29 is 35.8 Å². The number of fused-ring (bicyclic) bond motifs is 1. The minimum Gasteiger partial charge on any atom is -1.00 e. The Morgan fingerprint density at radius 3 is 2.27 bits per heavy atom. The van der Waals surface area contributed by atoms with Crippen LogP contribution in [0, 0.1) is 0 Å². The van der Waals surface area contributed by atoms with Crippen molar-refractivity contribution in [3.05, 3.63) is 94.8 Å². The average molecular weight is 466 g/mol. The Morgan fingerprint density at radius 1 is 0.933 bits per heavy atom. The second kappa shape index (κ2) is 9.72. The Balaban J connectivity index is 0.00000256. The third kappa shape index (κ3) is 4.62. The summed E-state index contributed by atoms with van der Waals surface area (Å²) in [5.74, 6) is 1.31. The number of hydrogen-bond acceptors (Lipinski definition) is 3. The predicted octanol–water partition coefficient (Wildman–Crippen LogP) is 1.26. The van der Waals surface area contributed by atoms with Gasteiger partial charge in [-0.1, -0.05) is 30.3 Å². The molecule has 154 valence electrons. The molecule has 1 aliphatic carbocycles. The number of halogens is 1. The van der Waals surface area contributed by atoms with Crippen LogP contribution in [0.2, 0.25) is 0 Å². The molecule has 5 heteroatoms. The van der Waals surface area contributed by atoms with E-state index >= 15 is 0 Å². The summed E-state index contributed by atoms with van der Waals surface area (Å²) < 4.78 is 12.9. The molecule has 4 rings (SSSR count). The van der Waals surface area contributed by atoms with Crippen molar-refractivity contribution in [2.24, 2.45) is 0 Å². The Labute approximate surface area is 187 Å². The first-order valence-electron chi connectivity index (χ1n) is 9.71.